The molecule has 0 saturated carbocycles. The summed E-state index contributed by atoms with van der Waals surface area (Å²) in [4.78, 5) is 0. The molecule has 0 atom stereocenters. The third-order valence-electron chi connectivity index (χ3n) is 2.85. The van der Waals surface area contributed by atoms with Crippen LogP contribution in [0.25, 0.3) is 0 Å². The molecule has 1 aromatic carbocycles. The van der Waals surface area contributed by atoms with Gasteiger partial charge in [-0.3, -0.25) is 4.68 Å². The van der Waals surface area contributed by atoms with Gasteiger partial charge in [-0.05, 0) is 30.5 Å². The molecule has 0 amide bonds. The zero-order valence-electron chi connectivity index (χ0n) is 9.91. The van der Waals surface area contributed by atoms with Crippen molar-refractivity contribution in [2.24, 2.45) is 7.05 Å². The lowest BCUT2D eigenvalue weighted by atomic mass is 10.1. The first kappa shape index (κ1) is 12.7. The van der Waals surface area contributed by atoms with Crippen molar-refractivity contribution in [3.05, 3.63) is 53.3 Å². The van der Waals surface area contributed by atoms with Gasteiger partial charge >= 0.3 is 6.18 Å². The minimum atomic E-state index is -4.28. The Morgan fingerprint density at radius 3 is 2.56 bits per heavy atom. The Morgan fingerprint density at radius 1 is 1.17 bits per heavy atom. The van der Waals surface area contributed by atoms with E-state index in [9.17, 15) is 13.2 Å². The Bertz CT molecular complexity index is 529. The van der Waals surface area contributed by atoms with Gasteiger partial charge in [0.25, 0.3) is 0 Å². The second-order valence-electron chi connectivity index (χ2n) is 4.14. The molecule has 0 bridgehead atoms. The van der Waals surface area contributed by atoms with Gasteiger partial charge in [0.15, 0.2) is 0 Å². The molecule has 2 aromatic rings. The SMILES string of the molecule is Cn1nccc1CCc1cccc(C(F)(F)F)c1. The number of hydrogen-bond donors (Lipinski definition) is 0. The van der Waals surface area contributed by atoms with Crippen LogP contribution in [0, 0.1) is 0 Å². The maximum atomic E-state index is 12.5. The molecule has 0 radical (unpaired) electrons. The quantitative estimate of drug-likeness (QED) is 0.822. The van der Waals surface area contributed by atoms with E-state index in [1.165, 1.54) is 12.1 Å². The lowest BCUT2D eigenvalue weighted by molar-refractivity contribution is -0.137. The fraction of sp³-hybridized carbons (Fsp3) is 0.308. The first-order chi connectivity index (χ1) is 8.47. The fourth-order valence-corrected chi connectivity index (χ4v) is 1.82. The van der Waals surface area contributed by atoms with Crippen LogP contribution in [-0.2, 0) is 26.1 Å². The monoisotopic (exact) mass is 254 g/mol. The second kappa shape index (κ2) is 4.84. The highest BCUT2D eigenvalue weighted by Gasteiger charge is 2.30. The maximum Gasteiger partial charge on any atom is 0.416 e. The first-order valence-electron chi connectivity index (χ1n) is 5.60. The second-order valence-corrected chi connectivity index (χ2v) is 4.14. The van der Waals surface area contributed by atoms with Crippen LogP contribution in [0.5, 0.6) is 0 Å². The smallest absolute Gasteiger partial charge is 0.273 e. The molecule has 2 nitrogen and oxygen atoms in total. The summed E-state index contributed by atoms with van der Waals surface area (Å²) in [5.41, 5.74) is 1.10. The molecule has 0 aliphatic rings. The van der Waals surface area contributed by atoms with E-state index in [-0.39, 0.29) is 0 Å². The number of aromatic nitrogens is 2. The molecule has 0 spiro atoms. The lowest BCUT2D eigenvalue weighted by Gasteiger charge is -2.08. The van der Waals surface area contributed by atoms with Gasteiger partial charge in [0.1, 0.15) is 0 Å². The summed E-state index contributed by atoms with van der Waals surface area (Å²) in [5, 5.41) is 4.02. The van der Waals surface area contributed by atoms with E-state index in [4.69, 9.17) is 0 Å². The molecule has 96 valence electrons. The molecular formula is C13H13F3N2. The number of alkyl halides is 3. The van der Waals surface area contributed by atoms with Gasteiger partial charge in [-0.1, -0.05) is 18.2 Å². The highest BCUT2D eigenvalue weighted by Crippen LogP contribution is 2.29. The molecule has 5 heteroatoms. The Labute approximate surface area is 103 Å². The van der Waals surface area contributed by atoms with E-state index in [1.54, 1.807) is 16.9 Å². The molecule has 1 aromatic heterocycles. The lowest BCUT2D eigenvalue weighted by Crippen LogP contribution is -2.06. The normalized spacial score (nSPS) is 11.8. The predicted molar refractivity (Wildman–Crippen MR) is 62.1 cm³/mol. The number of aryl methyl sites for hydroxylation is 3. The Kier molecular flexibility index (Phi) is 3.41. The van der Waals surface area contributed by atoms with Crippen LogP contribution >= 0.6 is 0 Å². The van der Waals surface area contributed by atoms with E-state index < -0.39 is 11.7 Å². The third-order valence-corrected chi connectivity index (χ3v) is 2.85. The molecule has 0 N–H and O–H groups in total. The largest absolute Gasteiger partial charge is 0.416 e. The van der Waals surface area contributed by atoms with E-state index >= 15 is 0 Å². The minimum absolute atomic E-state index is 0.573. The average molecular weight is 254 g/mol. The van der Waals surface area contributed by atoms with Crippen LogP contribution in [-0.4, -0.2) is 9.78 Å². The van der Waals surface area contributed by atoms with E-state index in [0.717, 1.165) is 11.8 Å². The van der Waals surface area contributed by atoms with E-state index in [0.29, 0.717) is 18.4 Å². The van der Waals surface area contributed by atoms with Gasteiger partial charge in [-0.2, -0.15) is 18.3 Å². The Morgan fingerprint density at radius 2 is 1.94 bits per heavy atom. The molecule has 0 saturated heterocycles. The standard InChI is InChI=1S/C13H13F3N2/c1-18-12(7-8-17-18)6-5-10-3-2-4-11(9-10)13(14,15)16/h2-4,7-9H,5-6H2,1H3. The Hall–Kier alpha value is -1.78. The highest BCUT2D eigenvalue weighted by atomic mass is 19.4. The molecule has 2 rings (SSSR count). The maximum absolute atomic E-state index is 12.5. The van der Waals surface area contributed by atoms with Crippen LogP contribution in [0.15, 0.2) is 36.5 Å². The summed E-state index contributed by atoms with van der Waals surface area (Å²) in [7, 11) is 1.82. The molecule has 1 heterocycles. The van der Waals surface area contributed by atoms with Crippen molar-refractivity contribution >= 4 is 0 Å². The van der Waals surface area contributed by atoms with Gasteiger partial charge in [0.2, 0.25) is 0 Å². The van der Waals surface area contributed by atoms with Crippen molar-refractivity contribution < 1.29 is 13.2 Å². The number of benzene rings is 1. The number of rotatable bonds is 3. The van der Waals surface area contributed by atoms with Gasteiger partial charge < -0.3 is 0 Å². The summed E-state index contributed by atoms with van der Waals surface area (Å²) in [6.07, 6.45) is -1.34. The van der Waals surface area contributed by atoms with Crippen LogP contribution in [0.3, 0.4) is 0 Å². The van der Waals surface area contributed by atoms with Crippen LogP contribution < -0.4 is 0 Å². The molecule has 0 fully saturated rings. The Balaban J connectivity index is 2.09. The topological polar surface area (TPSA) is 17.8 Å². The first-order valence-corrected chi connectivity index (χ1v) is 5.60. The molecular weight excluding hydrogens is 241 g/mol. The zero-order chi connectivity index (χ0) is 13.2. The highest BCUT2D eigenvalue weighted by molar-refractivity contribution is 5.26. The number of nitrogens with zero attached hydrogens (tertiary/aromatic N) is 2. The molecule has 18 heavy (non-hydrogen) atoms. The van der Waals surface area contributed by atoms with Crippen molar-refractivity contribution in [2.75, 3.05) is 0 Å². The van der Waals surface area contributed by atoms with Crippen molar-refractivity contribution in [1.82, 2.24) is 9.78 Å². The van der Waals surface area contributed by atoms with Crippen LogP contribution in [0.1, 0.15) is 16.8 Å². The predicted octanol–water partition coefficient (Wildman–Crippen LogP) is 3.22. The van der Waals surface area contributed by atoms with Gasteiger partial charge in [-0.15, -0.1) is 0 Å². The number of halogens is 3. The summed E-state index contributed by atoms with van der Waals surface area (Å²) < 4.78 is 39.3. The third kappa shape index (κ3) is 2.91. The summed E-state index contributed by atoms with van der Waals surface area (Å²) in [5.74, 6) is 0. The zero-order valence-corrected chi connectivity index (χ0v) is 9.91. The van der Waals surface area contributed by atoms with E-state index in [1.807, 2.05) is 13.1 Å². The van der Waals surface area contributed by atoms with Gasteiger partial charge in [0.05, 0.1) is 5.56 Å². The summed E-state index contributed by atoms with van der Waals surface area (Å²) in [6.45, 7) is 0. The average Bonchev–Trinajstić information content (AvgIpc) is 2.72. The van der Waals surface area contributed by atoms with Crippen LogP contribution in [0.4, 0.5) is 13.2 Å². The molecule has 0 unspecified atom stereocenters. The van der Waals surface area contributed by atoms with Gasteiger partial charge in [0, 0.05) is 18.9 Å². The number of hydrogen-bond acceptors (Lipinski definition) is 1. The van der Waals surface area contributed by atoms with Crippen molar-refractivity contribution in [1.29, 1.82) is 0 Å². The fourth-order valence-electron chi connectivity index (χ4n) is 1.82. The van der Waals surface area contributed by atoms with Crippen molar-refractivity contribution in [2.45, 2.75) is 19.0 Å². The molecule has 0 aliphatic heterocycles. The minimum Gasteiger partial charge on any atom is -0.273 e. The van der Waals surface area contributed by atoms with Crippen molar-refractivity contribution in [3.8, 4) is 0 Å². The summed E-state index contributed by atoms with van der Waals surface area (Å²) >= 11 is 0. The van der Waals surface area contributed by atoms with Gasteiger partial charge in [-0.25, -0.2) is 0 Å². The summed E-state index contributed by atoms with van der Waals surface area (Å²) in [6, 6.07) is 7.32. The van der Waals surface area contributed by atoms with Crippen LogP contribution in [0.2, 0.25) is 0 Å². The van der Waals surface area contributed by atoms with E-state index in [2.05, 4.69) is 5.10 Å². The molecule has 0 aliphatic carbocycles. The van der Waals surface area contributed by atoms with Crippen molar-refractivity contribution in [3.63, 3.8) is 0 Å².